The van der Waals surface area contributed by atoms with E-state index in [-0.39, 0.29) is 31.6 Å². The molecule has 0 radical (unpaired) electrons. The standard InChI is InChI=1S/C19H23N3O5/c1-26-12-18(24)22-7-9-27-17(11-22)16-10-14(19(25)20-6-8-23)13-4-2-3-5-15(13)21-16/h2-5,10,17,23H,6-9,11-12H2,1H3,(H,20,25). The molecule has 1 atom stereocenters. The minimum absolute atomic E-state index is 0.0205. The van der Waals surface area contributed by atoms with Crippen LogP contribution in [-0.4, -0.2) is 73.4 Å². The monoisotopic (exact) mass is 373 g/mol. The quantitative estimate of drug-likeness (QED) is 0.765. The highest BCUT2D eigenvalue weighted by atomic mass is 16.5. The zero-order valence-electron chi connectivity index (χ0n) is 15.2. The Labute approximate surface area is 157 Å². The summed E-state index contributed by atoms with van der Waals surface area (Å²) in [6.45, 7) is 1.29. The fourth-order valence-electron chi connectivity index (χ4n) is 3.08. The highest BCUT2D eigenvalue weighted by molar-refractivity contribution is 6.06. The molecule has 0 saturated carbocycles. The Hall–Kier alpha value is -2.55. The summed E-state index contributed by atoms with van der Waals surface area (Å²) in [7, 11) is 1.48. The maximum absolute atomic E-state index is 12.5. The lowest BCUT2D eigenvalue weighted by atomic mass is 10.0. The number of methoxy groups -OCH3 is 1. The number of nitrogens with one attached hydrogen (secondary N) is 1. The SMILES string of the molecule is COCC(=O)N1CCOC(c2cc(C(=O)NCCO)c3ccccc3n2)C1. The minimum Gasteiger partial charge on any atom is -0.395 e. The van der Waals surface area contributed by atoms with Crippen LogP contribution < -0.4 is 5.32 Å². The first-order chi connectivity index (χ1) is 13.1. The Balaban J connectivity index is 1.92. The topological polar surface area (TPSA) is 101 Å². The van der Waals surface area contributed by atoms with Crippen molar-refractivity contribution in [3.8, 4) is 0 Å². The number of fused-ring (bicyclic) bond motifs is 1. The van der Waals surface area contributed by atoms with E-state index in [0.29, 0.717) is 36.5 Å². The number of rotatable bonds is 6. The van der Waals surface area contributed by atoms with E-state index in [1.165, 1.54) is 7.11 Å². The van der Waals surface area contributed by atoms with Crippen molar-refractivity contribution in [2.75, 3.05) is 46.6 Å². The number of aromatic nitrogens is 1. The molecule has 27 heavy (non-hydrogen) atoms. The fraction of sp³-hybridized carbons (Fsp3) is 0.421. The zero-order chi connectivity index (χ0) is 19.2. The van der Waals surface area contributed by atoms with E-state index in [1.54, 1.807) is 11.0 Å². The predicted molar refractivity (Wildman–Crippen MR) is 98.3 cm³/mol. The first-order valence-corrected chi connectivity index (χ1v) is 8.81. The van der Waals surface area contributed by atoms with Crippen LogP contribution in [0.3, 0.4) is 0 Å². The molecule has 1 fully saturated rings. The molecule has 0 bridgehead atoms. The Morgan fingerprint density at radius 2 is 2.22 bits per heavy atom. The van der Waals surface area contributed by atoms with E-state index in [1.807, 2.05) is 24.3 Å². The van der Waals surface area contributed by atoms with Crippen molar-refractivity contribution < 1.29 is 24.2 Å². The van der Waals surface area contributed by atoms with Crippen molar-refractivity contribution in [1.82, 2.24) is 15.2 Å². The van der Waals surface area contributed by atoms with Crippen LogP contribution in [0, 0.1) is 0 Å². The number of aliphatic hydroxyl groups is 1. The smallest absolute Gasteiger partial charge is 0.252 e. The van der Waals surface area contributed by atoms with Crippen molar-refractivity contribution in [2.24, 2.45) is 0 Å². The zero-order valence-corrected chi connectivity index (χ0v) is 15.2. The lowest BCUT2D eigenvalue weighted by Gasteiger charge is -2.32. The normalized spacial score (nSPS) is 17.1. The third-order valence-electron chi connectivity index (χ3n) is 4.39. The number of pyridine rings is 1. The van der Waals surface area contributed by atoms with Gasteiger partial charge in [0.25, 0.3) is 5.91 Å². The maximum Gasteiger partial charge on any atom is 0.252 e. The number of hydrogen-bond donors (Lipinski definition) is 2. The highest BCUT2D eigenvalue weighted by Gasteiger charge is 2.27. The molecule has 0 spiro atoms. The number of hydrogen-bond acceptors (Lipinski definition) is 6. The van der Waals surface area contributed by atoms with Gasteiger partial charge in [-0.1, -0.05) is 18.2 Å². The lowest BCUT2D eigenvalue weighted by Crippen LogP contribution is -2.44. The van der Waals surface area contributed by atoms with Crippen molar-refractivity contribution in [2.45, 2.75) is 6.10 Å². The molecule has 1 saturated heterocycles. The summed E-state index contributed by atoms with van der Waals surface area (Å²) in [5.41, 5.74) is 1.74. The Morgan fingerprint density at radius 3 is 3.00 bits per heavy atom. The van der Waals surface area contributed by atoms with Crippen LogP contribution >= 0.6 is 0 Å². The number of carbonyl (C=O) groups is 2. The summed E-state index contributed by atoms with van der Waals surface area (Å²) >= 11 is 0. The van der Waals surface area contributed by atoms with Gasteiger partial charge in [-0.15, -0.1) is 0 Å². The molecule has 3 rings (SSSR count). The van der Waals surface area contributed by atoms with Gasteiger partial charge in [-0.05, 0) is 12.1 Å². The third kappa shape index (κ3) is 4.41. The number of carbonyl (C=O) groups excluding carboxylic acids is 2. The summed E-state index contributed by atoms with van der Waals surface area (Å²) in [6.07, 6.45) is -0.423. The first kappa shape index (κ1) is 19.2. The predicted octanol–water partition coefficient (Wildman–Crippen LogP) is 0.503. The van der Waals surface area contributed by atoms with Gasteiger partial charge in [0.2, 0.25) is 5.91 Å². The third-order valence-corrected chi connectivity index (χ3v) is 4.39. The van der Waals surface area contributed by atoms with E-state index in [9.17, 15) is 9.59 Å². The van der Waals surface area contributed by atoms with Gasteiger partial charge >= 0.3 is 0 Å². The maximum atomic E-state index is 12.5. The molecule has 2 aromatic rings. The molecule has 1 unspecified atom stereocenters. The molecule has 2 amide bonds. The minimum atomic E-state index is -0.423. The first-order valence-electron chi connectivity index (χ1n) is 8.81. The van der Waals surface area contributed by atoms with Gasteiger partial charge < -0.3 is 24.8 Å². The average molecular weight is 373 g/mol. The highest BCUT2D eigenvalue weighted by Crippen LogP contribution is 2.26. The number of benzene rings is 1. The number of nitrogens with zero attached hydrogens (tertiary/aromatic N) is 2. The molecular formula is C19H23N3O5. The largest absolute Gasteiger partial charge is 0.395 e. The Kier molecular flexibility index (Phi) is 6.33. The Bertz CT molecular complexity index is 826. The van der Waals surface area contributed by atoms with Gasteiger partial charge in [0.15, 0.2) is 0 Å². The molecule has 1 aromatic heterocycles. The lowest BCUT2D eigenvalue weighted by molar-refractivity contribution is -0.143. The summed E-state index contributed by atoms with van der Waals surface area (Å²) in [5, 5.41) is 12.4. The Morgan fingerprint density at radius 1 is 1.41 bits per heavy atom. The van der Waals surface area contributed by atoms with Gasteiger partial charge in [-0.2, -0.15) is 0 Å². The van der Waals surface area contributed by atoms with E-state index >= 15 is 0 Å². The van der Waals surface area contributed by atoms with Gasteiger partial charge in [0.05, 0.1) is 36.5 Å². The molecule has 2 N–H and O–H groups in total. The van der Waals surface area contributed by atoms with Crippen LogP contribution in [0.1, 0.15) is 22.2 Å². The molecule has 1 aromatic carbocycles. The van der Waals surface area contributed by atoms with E-state index < -0.39 is 6.10 Å². The number of aliphatic hydroxyl groups excluding tert-OH is 1. The van der Waals surface area contributed by atoms with Crippen LogP contribution in [-0.2, 0) is 14.3 Å². The van der Waals surface area contributed by atoms with Gasteiger partial charge in [-0.3, -0.25) is 9.59 Å². The van der Waals surface area contributed by atoms with Crippen LogP contribution in [0.15, 0.2) is 30.3 Å². The van der Waals surface area contributed by atoms with Crippen molar-refractivity contribution in [1.29, 1.82) is 0 Å². The van der Waals surface area contributed by atoms with Crippen molar-refractivity contribution >= 4 is 22.7 Å². The summed E-state index contributed by atoms with van der Waals surface area (Å²) in [5.74, 6) is -0.389. The molecule has 8 nitrogen and oxygen atoms in total. The van der Waals surface area contributed by atoms with E-state index in [0.717, 1.165) is 5.39 Å². The number of amides is 2. The van der Waals surface area contributed by atoms with Crippen LogP contribution in [0.5, 0.6) is 0 Å². The summed E-state index contributed by atoms with van der Waals surface area (Å²) < 4.78 is 10.7. The van der Waals surface area contributed by atoms with Gasteiger partial charge in [0.1, 0.15) is 12.7 Å². The van der Waals surface area contributed by atoms with E-state index in [2.05, 4.69) is 10.3 Å². The van der Waals surface area contributed by atoms with Crippen molar-refractivity contribution in [3.63, 3.8) is 0 Å². The van der Waals surface area contributed by atoms with E-state index in [4.69, 9.17) is 14.6 Å². The average Bonchev–Trinajstić information content (AvgIpc) is 2.71. The second-order valence-electron chi connectivity index (χ2n) is 6.22. The van der Waals surface area contributed by atoms with Gasteiger partial charge in [0, 0.05) is 25.6 Å². The summed E-state index contributed by atoms with van der Waals surface area (Å²) in [6, 6.07) is 9.05. The number of morpholine rings is 1. The molecule has 0 aliphatic carbocycles. The molecule has 2 heterocycles. The van der Waals surface area contributed by atoms with Crippen molar-refractivity contribution in [3.05, 3.63) is 41.6 Å². The van der Waals surface area contributed by atoms with Crippen LogP contribution in [0.2, 0.25) is 0 Å². The van der Waals surface area contributed by atoms with Crippen LogP contribution in [0.25, 0.3) is 10.9 Å². The van der Waals surface area contributed by atoms with Gasteiger partial charge in [-0.25, -0.2) is 4.98 Å². The number of ether oxygens (including phenoxy) is 2. The van der Waals surface area contributed by atoms with Crippen LogP contribution in [0.4, 0.5) is 0 Å². The second kappa shape index (κ2) is 8.90. The molecular weight excluding hydrogens is 350 g/mol. The molecule has 8 heteroatoms. The molecule has 144 valence electrons. The fourth-order valence-corrected chi connectivity index (χ4v) is 3.08. The molecule has 1 aliphatic heterocycles. The molecule has 1 aliphatic rings. The second-order valence-corrected chi connectivity index (χ2v) is 6.22. The number of para-hydroxylation sites is 1. The summed E-state index contributed by atoms with van der Waals surface area (Å²) in [4.78, 5) is 31.0.